The molecule has 0 atom stereocenters. The second kappa shape index (κ2) is 9.51. The molecule has 2 rings (SSSR count). The number of benzene rings is 1. The van der Waals surface area contributed by atoms with Crippen molar-refractivity contribution >= 4 is 5.96 Å². The van der Waals surface area contributed by atoms with Crippen LogP contribution in [0.3, 0.4) is 0 Å². The summed E-state index contributed by atoms with van der Waals surface area (Å²) < 4.78 is 10.8. The predicted octanol–water partition coefficient (Wildman–Crippen LogP) is 2.48. The lowest BCUT2D eigenvalue weighted by Crippen LogP contribution is -2.42. The molecular formula is C19H25N3O2. The Balaban J connectivity index is 2.05. The summed E-state index contributed by atoms with van der Waals surface area (Å²) in [5.74, 6) is 4.60. The maximum atomic E-state index is 5.53. The van der Waals surface area contributed by atoms with E-state index in [0.717, 1.165) is 30.9 Å². The van der Waals surface area contributed by atoms with Crippen molar-refractivity contribution in [1.29, 1.82) is 0 Å². The Hall–Kier alpha value is -2.61. The van der Waals surface area contributed by atoms with Crippen LogP contribution in [0.1, 0.15) is 25.3 Å². The minimum absolute atomic E-state index is 0.210. The minimum Gasteiger partial charge on any atom is -0.493 e. The second-order valence-electron chi connectivity index (χ2n) is 5.46. The normalized spacial score (nSPS) is 14.3. The standard InChI is InChI=1S/C19H25N3O2/c1-4-12-24-18-13-15(10-11-17(18)23-3)14-21-19(20-5-2)22-16-8-6-7-9-16/h1,6-7,10-11,13,16H,5,8-9,12,14H2,2-3H3,(H2,20,21,22). The second-order valence-corrected chi connectivity index (χ2v) is 5.46. The zero-order valence-corrected chi connectivity index (χ0v) is 14.3. The van der Waals surface area contributed by atoms with Crippen LogP contribution in [-0.4, -0.2) is 32.3 Å². The van der Waals surface area contributed by atoms with Crippen LogP contribution < -0.4 is 20.1 Å². The van der Waals surface area contributed by atoms with Gasteiger partial charge in [-0.1, -0.05) is 24.1 Å². The average molecular weight is 327 g/mol. The van der Waals surface area contributed by atoms with Crippen LogP contribution in [0.2, 0.25) is 0 Å². The van der Waals surface area contributed by atoms with Crippen molar-refractivity contribution < 1.29 is 9.47 Å². The number of nitrogens with one attached hydrogen (secondary N) is 2. The number of nitrogens with zero attached hydrogens (tertiary/aromatic N) is 1. The number of aliphatic imine (C=N–C) groups is 1. The van der Waals surface area contributed by atoms with E-state index in [1.54, 1.807) is 7.11 Å². The fraction of sp³-hybridized carbons (Fsp3) is 0.421. The third kappa shape index (κ3) is 5.24. The molecule has 0 heterocycles. The molecule has 128 valence electrons. The quantitative estimate of drug-likeness (QED) is 0.350. The van der Waals surface area contributed by atoms with E-state index in [2.05, 4.69) is 40.6 Å². The summed E-state index contributed by atoms with van der Waals surface area (Å²) in [5.41, 5.74) is 1.03. The van der Waals surface area contributed by atoms with Crippen LogP contribution >= 0.6 is 0 Å². The van der Waals surface area contributed by atoms with Gasteiger partial charge in [-0.2, -0.15) is 0 Å². The number of hydrogen-bond donors (Lipinski definition) is 2. The Labute approximate surface area is 144 Å². The molecule has 0 amide bonds. The van der Waals surface area contributed by atoms with Crippen molar-refractivity contribution in [3.63, 3.8) is 0 Å². The summed E-state index contributed by atoms with van der Waals surface area (Å²) in [4.78, 5) is 4.65. The fourth-order valence-corrected chi connectivity index (χ4v) is 2.47. The molecule has 5 nitrogen and oxygen atoms in total. The van der Waals surface area contributed by atoms with Gasteiger partial charge in [-0.25, -0.2) is 4.99 Å². The zero-order valence-electron chi connectivity index (χ0n) is 14.3. The molecule has 0 aromatic heterocycles. The van der Waals surface area contributed by atoms with Crippen molar-refractivity contribution in [3.8, 4) is 23.8 Å². The first-order valence-electron chi connectivity index (χ1n) is 8.19. The van der Waals surface area contributed by atoms with Gasteiger partial charge in [0.25, 0.3) is 0 Å². The first kappa shape index (κ1) is 17.7. The summed E-state index contributed by atoms with van der Waals surface area (Å²) in [7, 11) is 1.61. The van der Waals surface area contributed by atoms with E-state index in [1.165, 1.54) is 0 Å². The lowest BCUT2D eigenvalue weighted by molar-refractivity contribution is 0.330. The highest BCUT2D eigenvalue weighted by molar-refractivity contribution is 5.80. The average Bonchev–Trinajstić information content (AvgIpc) is 3.11. The van der Waals surface area contributed by atoms with Gasteiger partial charge in [0.15, 0.2) is 17.5 Å². The Morgan fingerprint density at radius 2 is 2.12 bits per heavy atom. The number of guanidine groups is 1. The Morgan fingerprint density at radius 3 is 2.79 bits per heavy atom. The molecule has 1 aliphatic carbocycles. The van der Waals surface area contributed by atoms with Gasteiger partial charge in [-0.3, -0.25) is 0 Å². The highest BCUT2D eigenvalue weighted by Gasteiger charge is 2.11. The van der Waals surface area contributed by atoms with E-state index >= 15 is 0 Å². The largest absolute Gasteiger partial charge is 0.493 e. The van der Waals surface area contributed by atoms with Crippen molar-refractivity contribution in [1.82, 2.24) is 10.6 Å². The predicted molar refractivity (Wildman–Crippen MR) is 97.4 cm³/mol. The van der Waals surface area contributed by atoms with Crippen molar-refractivity contribution in [2.24, 2.45) is 4.99 Å². The first-order valence-corrected chi connectivity index (χ1v) is 8.19. The van der Waals surface area contributed by atoms with E-state index in [0.29, 0.717) is 24.1 Å². The number of terminal acetylenes is 1. The Bertz CT molecular complexity index is 624. The minimum atomic E-state index is 0.210. The molecule has 0 spiro atoms. The van der Waals surface area contributed by atoms with E-state index in [4.69, 9.17) is 15.9 Å². The maximum Gasteiger partial charge on any atom is 0.191 e. The molecule has 0 saturated heterocycles. The summed E-state index contributed by atoms with van der Waals surface area (Å²) in [6.07, 6.45) is 11.7. The Morgan fingerprint density at radius 1 is 1.33 bits per heavy atom. The summed E-state index contributed by atoms with van der Waals surface area (Å²) in [6.45, 7) is 3.64. The number of ether oxygens (including phenoxy) is 2. The highest BCUT2D eigenvalue weighted by Crippen LogP contribution is 2.28. The maximum absolute atomic E-state index is 5.53. The molecule has 5 heteroatoms. The van der Waals surface area contributed by atoms with Gasteiger partial charge >= 0.3 is 0 Å². The van der Waals surface area contributed by atoms with Gasteiger partial charge in [0, 0.05) is 12.6 Å². The van der Waals surface area contributed by atoms with Crippen molar-refractivity contribution in [2.75, 3.05) is 20.3 Å². The van der Waals surface area contributed by atoms with Crippen LogP contribution in [0.25, 0.3) is 0 Å². The molecule has 24 heavy (non-hydrogen) atoms. The zero-order chi connectivity index (χ0) is 17.2. The number of hydrogen-bond acceptors (Lipinski definition) is 3. The van der Waals surface area contributed by atoms with Crippen LogP contribution in [0.5, 0.6) is 11.5 Å². The number of rotatable bonds is 7. The van der Waals surface area contributed by atoms with Crippen LogP contribution in [0.4, 0.5) is 0 Å². The van der Waals surface area contributed by atoms with Crippen LogP contribution in [-0.2, 0) is 6.54 Å². The van der Waals surface area contributed by atoms with E-state index in [1.807, 2.05) is 18.2 Å². The molecule has 1 aromatic rings. The van der Waals surface area contributed by atoms with Gasteiger partial charge < -0.3 is 20.1 Å². The first-order chi connectivity index (χ1) is 11.8. The molecule has 0 fully saturated rings. The van der Waals surface area contributed by atoms with Gasteiger partial charge in [-0.15, -0.1) is 6.42 Å². The summed E-state index contributed by atoms with van der Waals surface area (Å²) in [6, 6.07) is 6.19. The molecule has 0 aliphatic heterocycles. The molecular weight excluding hydrogens is 302 g/mol. The topological polar surface area (TPSA) is 54.9 Å². The van der Waals surface area contributed by atoms with Gasteiger partial charge in [-0.05, 0) is 37.5 Å². The van der Waals surface area contributed by atoms with Gasteiger partial charge in [0.2, 0.25) is 0 Å². The monoisotopic (exact) mass is 327 g/mol. The summed E-state index contributed by atoms with van der Waals surface area (Å²) >= 11 is 0. The molecule has 2 N–H and O–H groups in total. The van der Waals surface area contributed by atoms with Gasteiger partial charge in [0.1, 0.15) is 6.61 Å². The molecule has 1 aromatic carbocycles. The lowest BCUT2D eigenvalue weighted by atomic mass is 10.2. The SMILES string of the molecule is C#CCOc1cc(CN=C(NCC)NC2CC=CC2)ccc1OC. The van der Waals surface area contributed by atoms with Crippen LogP contribution in [0.15, 0.2) is 35.3 Å². The Kier molecular flexibility index (Phi) is 7.03. The fourth-order valence-electron chi connectivity index (χ4n) is 2.47. The van der Waals surface area contributed by atoms with Crippen molar-refractivity contribution in [2.45, 2.75) is 32.4 Å². The van der Waals surface area contributed by atoms with Crippen LogP contribution in [0, 0.1) is 12.3 Å². The van der Waals surface area contributed by atoms with Gasteiger partial charge in [0.05, 0.1) is 13.7 Å². The smallest absolute Gasteiger partial charge is 0.191 e. The number of methoxy groups -OCH3 is 1. The lowest BCUT2D eigenvalue weighted by Gasteiger charge is -2.17. The molecule has 0 bridgehead atoms. The molecule has 0 unspecified atom stereocenters. The molecule has 0 saturated carbocycles. The molecule has 1 aliphatic rings. The highest BCUT2D eigenvalue weighted by atomic mass is 16.5. The van der Waals surface area contributed by atoms with E-state index in [-0.39, 0.29) is 6.61 Å². The summed E-state index contributed by atoms with van der Waals surface area (Å²) in [5, 5.41) is 6.73. The molecule has 0 radical (unpaired) electrons. The third-order valence-electron chi connectivity index (χ3n) is 3.65. The third-order valence-corrected chi connectivity index (χ3v) is 3.65. The van der Waals surface area contributed by atoms with Crippen molar-refractivity contribution in [3.05, 3.63) is 35.9 Å². The van der Waals surface area contributed by atoms with E-state index in [9.17, 15) is 0 Å². The van der Waals surface area contributed by atoms with E-state index < -0.39 is 0 Å².